The van der Waals surface area contributed by atoms with Crippen molar-refractivity contribution in [1.29, 1.82) is 0 Å². The SMILES string of the molecule is Cc1c(C)c2c(c(C)c1OC(=O)CCC(=O)[O-])CCC(C)(CCCC(C)CCCC(C)CCCC(C)C)O2.Cc1c(C)c2c(c(C)c1OC(=O)CCC(=O)[O-])CCC(C)(CCCC(C)CCCC(C)CCCC(C)C)O2.[Ca+2]. The third-order valence-corrected chi connectivity index (χ3v) is 17.2. The summed E-state index contributed by atoms with van der Waals surface area (Å²) in [4.78, 5) is 45.8. The van der Waals surface area contributed by atoms with Crippen LogP contribution in [-0.4, -0.2) is 72.8 Å². The molecule has 11 heteroatoms. The second-order valence-corrected chi connectivity index (χ2v) is 25.5. The van der Waals surface area contributed by atoms with E-state index in [0.717, 1.165) is 130 Å². The van der Waals surface area contributed by atoms with Gasteiger partial charge in [-0.1, -0.05) is 145 Å². The van der Waals surface area contributed by atoms with Crippen molar-refractivity contribution in [2.45, 2.75) is 289 Å². The van der Waals surface area contributed by atoms with Crippen LogP contribution in [0, 0.1) is 77.0 Å². The Labute approximate surface area is 498 Å². The Morgan fingerprint density at radius 2 is 0.727 bits per heavy atom. The molecule has 0 bridgehead atoms. The average Bonchev–Trinajstić information content (AvgIpc) is 3.33. The van der Waals surface area contributed by atoms with Crippen LogP contribution in [0.1, 0.15) is 268 Å². The number of carboxylic acid groups (broad SMARTS) is 2. The number of rotatable bonds is 32. The summed E-state index contributed by atoms with van der Waals surface area (Å²) in [5, 5.41) is 21.4. The van der Waals surface area contributed by atoms with Crippen LogP contribution in [0.5, 0.6) is 23.0 Å². The van der Waals surface area contributed by atoms with Gasteiger partial charge in [0.1, 0.15) is 34.2 Å². The van der Waals surface area contributed by atoms with Crippen molar-refractivity contribution in [2.24, 2.45) is 35.5 Å². The van der Waals surface area contributed by atoms with E-state index in [2.05, 4.69) is 69.2 Å². The zero-order chi connectivity index (χ0) is 56.9. The zero-order valence-electron chi connectivity index (χ0n) is 51.6. The Morgan fingerprint density at radius 3 is 1.01 bits per heavy atom. The van der Waals surface area contributed by atoms with Crippen molar-refractivity contribution >= 4 is 61.6 Å². The fourth-order valence-electron chi connectivity index (χ4n) is 11.6. The molecule has 6 atom stereocenters. The molecular formula is C66H106CaO10. The summed E-state index contributed by atoms with van der Waals surface area (Å²) >= 11 is 0. The molecule has 0 saturated heterocycles. The monoisotopic (exact) mass is 1100 g/mol. The number of fused-ring (bicyclic) bond motifs is 2. The van der Waals surface area contributed by atoms with Crippen LogP contribution in [0.4, 0.5) is 0 Å². The van der Waals surface area contributed by atoms with E-state index in [9.17, 15) is 29.4 Å². The second-order valence-electron chi connectivity index (χ2n) is 25.5. The van der Waals surface area contributed by atoms with Gasteiger partial charge in [0.25, 0.3) is 0 Å². The van der Waals surface area contributed by atoms with E-state index >= 15 is 0 Å². The number of hydrogen-bond acceptors (Lipinski definition) is 10. The fourth-order valence-corrected chi connectivity index (χ4v) is 11.6. The van der Waals surface area contributed by atoms with E-state index in [1.807, 2.05) is 41.5 Å². The predicted molar refractivity (Wildman–Crippen MR) is 311 cm³/mol. The molecule has 0 saturated carbocycles. The largest absolute Gasteiger partial charge is 2.00 e. The van der Waals surface area contributed by atoms with Gasteiger partial charge in [-0.25, -0.2) is 0 Å². The fraction of sp³-hybridized carbons (Fsp3) is 0.758. The second kappa shape index (κ2) is 34.5. The van der Waals surface area contributed by atoms with Gasteiger partial charge in [-0.2, -0.15) is 0 Å². The molecule has 77 heavy (non-hydrogen) atoms. The Balaban J connectivity index is 0.000000520. The first-order valence-corrected chi connectivity index (χ1v) is 30.1. The molecule has 2 aromatic rings. The Hall–Kier alpha value is -2.82. The maximum atomic E-state index is 12.2. The smallest absolute Gasteiger partial charge is 0.550 e. The quantitative estimate of drug-likeness (QED) is 0.0393. The van der Waals surface area contributed by atoms with Crippen molar-refractivity contribution in [2.75, 3.05) is 0 Å². The van der Waals surface area contributed by atoms with Crippen molar-refractivity contribution in [1.82, 2.24) is 0 Å². The minimum atomic E-state index is -1.25. The molecule has 432 valence electrons. The van der Waals surface area contributed by atoms with Gasteiger partial charge < -0.3 is 38.7 Å². The summed E-state index contributed by atoms with van der Waals surface area (Å²) in [6, 6.07) is 0. The minimum Gasteiger partial charge on any atom is -0.550 e. The van der Waals surface area contributed by atoms with E-state index in [0.29, 0.717) is 11.5 Å². The third kappa shape index (κ3) is 24.4. The molecule has 10 nitrogen and oxygen atoms in total. The third-order valence-electron chi connectivity index (χ3n) is 17.2. The standard InChI is InChI=1S/2C33H54O5.Ca/c2*1-22(2)12-9-13-23(3)14-10-15-24(4)16-11-20-33(8)21-19-28-27(7)31(25(5)26(6)32(28)38-33)37-30(36)18-17-29(34)35;/h2*22-24H,9-21H2,1-8H3,(H,34,35);/q;;+2/p-2. The molecule has 0 amide bonds. The van der Waals surface area contributed by atoms with Gasteiger partial charge in [-0.05, 0) is 188 Å². The van der Waals surface area contributed by atoms with Gasteiger partial charge in [-0.3, -0.25) is 9.59 Å². The molecular weight excluding hydrogens is 993 g/mol. The summed E-state index contributed by atoms with van der Waals surface area (Å²) in [5.74, 6) is 4.18. The summed E-state index contributed by atoms with van der Waals surface area (Å²) in [5.41, 5.74) is 7.40. The Kier molecular flexibility index (Phi) is 31.5. The summed E-state index contributed by atoms with van der Waals surface area (Å²) in [6.45, 7) is 35.2. The van der Waals surface area contributed by atoms with Crippen LogP contribution in [0.25, 0.3) is 0 Å². The molecule has 0 N–H and O–H groups in total. The first-order chi connectivity index (χ1) is 35.6. The van der Waals surface area contributed by atoms with Crippen LogP contribution in [0.15, 0.2) is 0 Å². The van der Waals surface area contributed by atoms with Gasteiger partial charge >= 0.3 is 49.7 Å². The van der Waals surface area contributed by atoms with Crippen molar-refractivity contribution in [3.05, 3.63) is 44.5 Å². The van der Waals surface area contributed by atoms with E-state index in [-0.39, 0.29) is 74.6 Å². The molecule has 2 aromatic carbocycles. The van der Waals surface area contributed by atoms with Crippen LogP contribution >= 0.6 is 0 Å². The molecule has 0 aliphatic carbocycles. The van der Waals surface area contributed by atoms with Gasteiger partial charge in [0.05, 0.1) is 12.8 Å². The van der Waals surface area contributed by atoms with Crippen molar-refractivity contribution in [3.8, 4) is 23.0 Å². The normalized spacial score (nSPS) is 18.3. The average molecular weight is 1100 g/mol. The molecule has 6 unspecified atom stereocenters. The van der Waals surface area contributed by atoms with Crippen LogP contribution < -0.4 is 29.2 Å². The molecule has 2 heterocycles. The van der Waals surface area contributed by atoms with Gasteiger partial charge in [0, 0.05) is 23.1 Å². The number of carbonyl (C=O) groups excluding carboxylic acids is 4. The molecule has 2 aliphatic heterocycles. The molecule has 2 aliphatic rings. The first-order valence-electron chi connectivity index (χ1n) is 30.1. The number of hydrogen-bond donors (Lipinski definition) is 0. The van der Waals surface area contributed by atoms with E-state index < -0.39 is 23.9 Å². The van der Waals surface area contributed by atoms with Gasteiger partial charge in [-0.15, -0.1) is 0 Å². The maximum absolute atomic E-state index is 12.2. The van der Waals surface area contributed by atoms with Gasteiger partial charge in [0.2, 0.25) is 0 Å². The van der Waals surface area contributed by atoms with Crippen LogP contribution in [-0.2, 0) is 32.0 Å². The summed E-state index contributed by atoms with van der Waals surface area (Å²) < 4.78 is 24.6. The Bertz CT molecular complexity index is 2030. The van der Waals surface area contributed by atoms with Crippen molar-refractivity contribution in [3.63, 3.8) is 0 Å². The van der Waals surface area contributed by atoms with Crippen molar-refractivity contribution < 1.29 is 48.3 Å². The molecule has 0 spiro atoms. The van der Waals surface area contributed by atoms with E-state index in [1.54, 1.807) is 0 Å². The molecule has 0 aromatic heterocycles. The molecule has 0 radical (unpaired) electrons. The number of carbonyl (C=O) groups is 4. The summed E-state index contributed by atoms with van der Waals surface area (Å²) in [7, 11) is 0. The zero-order valence-corrected chi connectivity index (χ0v) is 53.8. The summed E-state index contributed by atoms with van der Waals surface area (Å²) in [6.07, 6.45) is 25.7. The number of aliphatic carboxylic acids is 2. The minimum absolute atomic E-state index is 0. The first kappa shape index (κ1) is 70.3. The Morgan fingerprint density at radius 1 is 0.442 bits per heavy atom. The number of benzene rings is 2. The topological polar surface area (TPSA) is 151 Å². The van der Waals surface area contributed by atoms with E-state index in [4.69, 9.17) is 18.9 Å². The molecule has 4 rings (SSSR count). The number of esters is 2. The number of carboxylic acids is 2. The number of ether oxygens (including phenoxy) is 4. The van der Waals surface area contributed by atoms with Gasteiger partial charge in [0.15, 0.2) is 0 Å². The van der Waals surface area contributed by atoms with Crippen LogP contribution in [0.3, 0.4) is 0 Å². The molecule has 0 fully saturated rings. The van der Waals surface area contributed by atoms with Crippen LogP contribution in [0.2, 0.25) is 0 Å². The van der Waals surface area contributed by atoms with E-state index in [1.165, 1.54) is 103 Å². The predicted octanol–water partition coefficient (Wildman–Crippen LogP) is 14.8. The maximum Gasteiger partial charge on any atom is 2.00 e.